The van der Waals surface area contributed by atoms with E-state index in [4.69, 9.17) is 5.73 Å². The van der Waals surface area contributed by atoms with E-state index in [0.717, 1.165) is 17.2 Å². The first-order valence-electron chi connectivity index (χ1n) is 6.08. The van der Waals surface area contributed by atoms with E-state index in [9.17, 15) is 4.39 Å². The molecule has 0 radical (unpaired) electrons. The van der Waals surface area contributed by atoms with Gasteiger partial charge in [-0.2, -0.15) is 0 Å². The molecule has 1 aromatic carbocycles. The van der Waals surface area contributed by atoms with Gasteiger partial charge in [-0.25, -0.2) is 14.4 Å². The van der Waals surface area contributed by atoms with Crippen LogP contribution in [0.4, 0.5) is 4.39 Å². The Bertz CT molecular complexity index is 706. The molecule has 3 rings (SSSR count). The van der Waals surface area contributed by atoms with E-state index in [-0.39, 0.29) is 5.82 Å². The van der Waals surface area contributed by atoms with Crippen LogP contribution < -0.4 is 5.73 Å². The second kappa shape index (κ2) is 4.78. The second-order valence-corrected chi connectivity index (χ2v) is 4.22. The van der Waals surface area contributed by atoms with Crippen LogP contribution in [0.1, 0.15) is 5.82 Å². The molecule has 2 aromatic heterocycles. The summed E-state index contributed by atoms with van der Waals surface area (Å²) in [4.78, 5) is 8.80. The Morgan fingerprint density at radius 2 is 2.11 bits per heavy atom. The normalized spacial score (nSPS) is 11.1. The van der Waals surface area contributed by atoms with E-state index in [1.807, 2.05) is 22.8 Å². The number of hydrogen-bond donors (Lipinski definition) is 1. The summed E-state index contributed by atoms with van der Waals surface area (Å²) in [5.41, 5.74) is 7.07. The number of aromatic nitrogens is 3. The molecular formula is C14H13FN4. The maximum absolute atomic E-state index is 13.4. The molecule has 0 aliphatic carbocycles. The summed E-state index contributed by atoms with van der Waals surface area (Å²) in [5.74, 6) is 1.23. The summed E-state index contributed by atoms with van der Waals surface area (Å²) in [6.07, 6.45) is 2.32. The third-order valence-corrected chi connectivity index (χ3v) is 2.93. The highest BCUT2D eigenvalue weighted by Gasteiger charge is 2.13. The molecule has 2 heterocycles. The van der Waals surface area contributed by atoms with Crippen molar-refractivity contribution in [3.63, 3.8) is 0 Å². The Labute approximate surface area is 109 Å². The van der Waals surface area contributed by atoms with Crippen LogP contribution >= 0.6 is 0 Å². The van der Waals surface area contributed by atoms with Gasteiger partial charge in [0.2, 0.25) is 0 Å². The van der Waals surface area contributed by atoms with Crippen molar-refractivity contribution in [2.24, 2.45) is 5.73 Å². The number of halogens is 1. The standard InChI is InChI=1S/C14H13FN4/c15-10-4-5-11-12(9-10)19(14(18-11)6-7-16)13-3-1-2-8-17-13/h1-5,8-9H,6-7,16H2. The second-order valence-electron chi connectivity index (χ2n) is 4.22. The molecule has 19 heavy (non-hydrogen) atoms. The minimum atomic E-state index is -0.288. The van der Waals surface area contributed by atoms with Crippen molar-refractivity contribution in [1.29, 1.82) is 0 Å². The van der Waals surface area contributed by atoms with Crippen LogP contribution in [0.3, 0.4) is 0 Å². The average Bonchev–Trinajstić information content (AvgIpc) is 2.77. The van der Waals surface area contributed by atoms with Crippen LogP contribution in [-0.2, 0) is 6.42 Å². The van der Waals surface area contributed by atoms with Crippen molar-refractivity contribution in [3.8, 4) is 5.82 Å². The Kier molecular flexibility index (Phi) is 2.97. The molecule has 0 saturated carbocycles. The van der Waals surface area contributed by atoms with E-state index in [2.05, 4.69) is 9.97 Å². The predicted octanol–water partition coefficient (Wildman–Crippen LogP) is 2.06. The van der Waals surface area contributed by atoms with Crippen LogP contribution in [-0.4, -0.2) is 21.1 Å². The zero-order valence-corrected chi connectivity index (χ0v) is 10.3. The number of benzene rings is 1. The van der Waals surface area contributed by atoms with E-state index in [1.54, 1.807) is 12.3 Å². The number of nitrogens with two attached hydrogens (primary N) is 1. The highest BCUT2D eigenvalue weighted by Crippen LogP contribution is 2.21. The molecule has 0 atom stereocenters. The molecule has 5 heteroatoms. The molecule has 96 valence electrons. The van der Waals surface area contributed by atoms with Crippen LogP contribution in [0.25, 0.3) is 16.9 Å². The van der Waals surface area contributed by atoms with Crippen LogP contribution in [0.5, 0.6) is 0 Å². The van der Waals surface area contributed by atoms with Gasteiger partial charge in [-0.3, -0.25) is 4.57 Å². The van der Waals surface area contributed by atoms with Gasteiger partial charge < -0.3 is 5.73 Å². The van der Waals surface area contributed by atoms with Gasteiger partial charge in [0.05, 0.1) is 11.0 Å². The largest absolute Gasteiger partial charge is 0.330 e. The number of pyridine rings is 1. The fourth-order valence-corrected chi connectivity index (χ4v) is 2.14. The first-order valence-corrected chi connectivity index (χ1v) is 6.08. The number of hydrogen-bond acceptors (Lipinski definition) is 3. The van der Waals surface area contributed by atoms with Crippen LogP contribution in [0, 0.1) is 5.82 Å². The molecule has 0 saturated heterocycles. The first-order chi connectivity index (χ1) is 9.29. The Morgan fingerprint density at radius 1 is 1.21 bits per heavy atom. The monoisotopic (exact) mass is 256 g/mol. The van der Waals surface area contributed by atoms with Gasteiger partial charge >= 0.3 is 0 Å². The molecular weight excluding hydrogens is 243 g/mol. The Hall–Kier alpha value is -2.27. The van der Waals surface area contributed by atoms with Gasteiger partial charge in [0.1, 0.15) is 17.5 Å². The zero-order valence-electron chi connectivity index (χ0n) is 10.3. The summed E-state index contributed by atoms with van der Waals surface area (Å²) in [7, 11) is 0. The SMILES string of the molecule is NCCc1nc2ccc(F)cc2n1-c1ccccn1. The van der Waals surface area contributed by atoms with Crippen molar-refractivity contribution < 1.29 is 4.39 Å². The zero-order chi connectivity index (χ0) is 13.2. The molecule has 0 amide bonds. The van der Waals surface area contributed by atoms with E-state index < -0.39 is 0 Å². The molecule has 0 unspecified atom stereocenters. The predicted molar refractivity (Wildman–Crippen MR) is 71.6 cm³/mol. The molecule has 0 bridgehead atoms. The topological polar surface area (TPSA) is 56.7 Å². The number of fused-ring (bicyclic) bond motifs is 1. The highest BCUT2D eigenvalue weighted by atomic mass is 19.1. The van der Waals surface area contributed by atoms with Crippen molar-refractivity contribution in [3.05, 3.63) is 54.2 Å². The van der Waals surface area contributed by atoms with Crippen LogP contribution in [0.15, 0.2) is 42.6 Å². The minimum Gasteiger partial charge on any atom is -0.330 e. The molecule has 0 aliphatic rings. The summed E-state index contributed by atoms with van der Waals surface area (Å²) < 4.78 is 15.3. The number of imidazole rings is 1. The van der Waals surface area contributed by atoms with Crippen LogP contribution in [0.2, 0.25) is 0 Å². The van der Waals surface area contributed by atoms with Gasteiger partial charge in [0.15, 0.2) is 0 Å². The molecule has 0 spiro atoms. The smallest absolute Gasteiger partial charge is 0.138 e. The highest BCUT2D eigenvalue weighted by molar-refractivity contribution is 5.78. The van der Waals surface area contributed by atoms with Gasteiger partial charge in [-0.15, -0.1) is 0 Å². The summed E-state index contributed by atoms with van der Waals surface area (Å²) in [5, 5.41) is 0. The van der Waals surface area contributed by atoms with Gasteiger partial charge in [0, 0.05) is 18.7 Å². The lowest BCUT2D eigenvalue weighted by atomic mass is 10.3. The van der Waals surface area contributed by atoms with E-state index >= 15 is 0 Å². The third-order valence-electron chi connectivity index (χ3n) is 2.93. The summed E-state index contributed by atoms with van der Waals surface area (Å²) in [6.45, 7) is 0.485. The molecule has 2 N–H and O–H groups in total. The van der Waals surface area contributed by atoms with Crippen molar-refractivity contribution in [2.75, 3.05) is 6.54 Å². The van der Waals surface area contributed by atoms with Gasteiger partial charge in [-0.1, -0.05) is 6.07 Å². The van der Waals surface area contributed by atoms with E-state index in [1.165, 1.54) is 12.1 Å². The number of rotatable bonds is 3. The first kappa shape index (κ1) is 11.8. The minimum absolute atomic E-state index is 0.288. The fraction of sp³-hybridized carbons (Fsp3) is 0.143. The van der Waals surface area contributed by atoms with Crippen molar-refractivity contribution in [2.45, 2.75) is 6.42 Å². The maximum atomic E-state index is 13.4. The fourth-order valence-electron chi connectivity index (χ4n) is 2.14. The lowest BCUT2D eigenvalue weighted by Gasteiger charge is -2.07. The Balaban J connectivity index is 2.30. The molecule has 0 aliphatic heterocycles. The number of nitrogens with zero attached hydrogens (tertiary/aromatic N) is 3. The summed E-state index contributed by atoms with van der Waals surface area (Å²) >= 11 is 0. The lowest BCUT2D eigenvalue weighted by Crippen LogP contribution is -2.09. The Morgan fingerprint density at radius 3 is 2.84 bits per heavy atom. The van der Waals surface area contributed by atoms with Gasteiger partial charge in [0.25, 0.3) is 0 Å². The van der Waals surface area contributed by atoms with Crippen molar-refractivity contribution in [1.82, 2.24) is 14.5 Å². The summed E-state index contributed by atoms with van der Waals surface area (Å²) in [6, 6.07) is 10.1. The lowest BCUT2D eigenvalue weighted by molar-refractivity contribution is 0.629. The molecule has 0 fully saturated rings. The molecule has 3 aromatic rings. The molecule has 4 nitrogen and oxygen atoms in total. The maximum Gasteiger partial charge on any atom is 0.138 e. The van der Waals surface area contributed by atoms with E-state index in [0.29, 0.717) is 18.5 Å². The van der Waals surface area contributed by atoms with Crippen molar-refractivity contribution >= 4 is 11.0 Å². The quantitative estimate of drug-likeness (QED) is 0.780. The van der Waals surface area contributed by atoms with Gasteiger partial charge in [-0.05, 0) is 30.8 Å². The average molecular weight is 256 g/mol. The third kappa shape index (κ3) is 2.08.